The van der Waals surface area contributed by atoms with Gasteiger partial charge in [-0.05, 0) is 39.5 Å². The Balaban J connectivity index is 2.27. The van der Waals surface area contributed by atoms with Crippen molar-refractivity contribution >= 4 is 23.9 Å². The second kappa shape index (κ2) is 11.5. The molecule has 2 rings (SSSR count). The molecule has 1 aromatic carbocycles. The molecule has 0 atom stereocenters. The molecule has 0 fully saturated rings. The topological polar surface area (TPSA) is 94.5 Å². The Kier molecular flexibility index (Phi) is 9.04. The number of thioether (sulfide) groups is 1. The number of imidazole rings is 1. The lowest BCUT2D eigenvalue weighted by Gasteiger charge is -2.14. The Morgan fingerprint density at radius 3 is 2.10 bits per heavy atom. The van der Waals surface area contributed by atoms with E-state index < -0.39 is 12.2 Å². The van der Waals surface area contributed by atoms with Crippen LogP contribution in [0.1, 0.15) is 44.6 Å². The molecule has 0 spiro atoms. The van der Waals surface area contributed by atoms with E-state index in [1.165, 1.54) is 11.8 Å². The van der Waals surface area contributed by atoms with Crippen molar-refractivity contribution < 1.29 is 19.1 Å². The molecule has 2 aromatic rings. The van der Waals surface area contributed by atoms with Gasteiger partial charge in [0.05, 0.1) is 5.69 Å². The van der Waals surface area contributed by atoms with Crippen LogP contribution in [0.4, 0.5) is 9.59 Å². The van der Waals surface area contributed by atoms with E-state index in [0.29, 0.717) is 17.9 Å². The second-order valence-electron chi connectivity index (χ2n) is 7.31. The fraction of sp³-hybridized carbons (Fsp3) is 0.476. The van der Waals surface area contributed by atoms with Gasteiger partial charge in [-0.3, -0.25) is 0 Å². The average Bonchev–Trinajstić information content (AvgIpc) is 3.01. The van der Waals surface area contributed by atoms with Crippen molar-refractivity contribution in [3.8, 4) is 0 Å². The van der Waals surface area contributed by atoms with E-state index in [4.69, 9.17) is 9.47 Å². The van der Waals surface area contributed by atoms with Crippen molar-refractivity contribution in [1.82, 2.24) is 20.2 Å². The van der Waals surface area contributed by atoms with Crippen LogP contribution in [0.25, 0.3) is 0 Å². The molecule has 0 bridgehead atoms. The number of carbonyl (C=O) groups excluding carboxylic acids is 2. The van der Waals surface area contributed by atoms with Crippen LogP contribution >= 0.6 is 11.8 Å². The van der Waals surface area contributed by atoms with Crippen LogP contribution in [-0.4, -0.2) is 40.1 Å². The van der Waals surface area contributed by atoms with Gasteiger partial charge in [-0.2, -0.15) is 0 Å². The molecule has 0 aliphatic rings. The summed E-state index contributed by atoms with van der Waals surface area (Å²) in [5, 5.41) is 6.14. The van der Waals surface area contributed by atoms with Gasteiger partial charge in [0.15, 0.2) is 5.16 Å². The van der Waals surface area contributed by atoms with Crippen molar-refractivity contribution in [3.63, 3.8) is 0 Å². The van der Waals surface area contributed by atoms with Crippen LogP contribution in [0.2, 0.25) is 0 Å². The standard InChI is InChI=1S/C21H30N4O4S/c1-14(2)22-20(26)28-12-17-18(13-29-21(27)23-15(3)4)25(19(24-17)30-5)11-16-9-7-6-8-10-16/h6-10,14-15H,11-13H2,1-5H3,(H,22,26)(H,23,27). The maximum Gasteiger partial charge on any atom is 0.407 e. The molecule has 2 amide bonds. The van der Waals surface area contributed by atoms with Gasteiger partial charge >= 0.3 is 12.2 Å². The van der Waals surface area contributed by atoms with Gasteiger partial charge in [0, 0.05) is 18.6 Å². The van der Waals surface area contributed by atoms with Gasteiger partial charge in [0.2, 0.25) is 0 Å². The highest BCUT2D eigenvalue weighted by Crippen LogP contribution is 2.23. The van der Waals surface area contributed by atoms with Gasteiger partial charge in [-0.1, -0.05) is 42.1 Å². The Hall–Kier alpha value is -2.68. The molecule has 164 valence electrons. The molecule has 0 unspecified atom stereocenters. The predicted molar refractivity (Wildman–Crippen MR) is 116 cm³/mol. The molecule has 30 heavy (non-hydrogen) atoms. The zero-order chi connectivity index (χ0) is 22.1. The van der Waals surface area contributed by atoms with Crippen LogP contribution in [0.3, 0.4) is 0 Å². The summed E-state index contributed by atoms with van der Waals surface area (Å²) in [6.07, 6.45) is 0.904. The number of rotatable bonds is 9. The number of alkyl carbamates (subject to hydrolysis) is 2. The molecule has 0 aliphatic carbocycles. The third-order valence-electron chi connectivity index (χ3n) is 3.98. The quantitative estimate of drug-likeness (QED) is 0.581. The van der Waals surface area contributed by atoms with Gasteiger partial charge in [-0.25, -0.2) is 14.6 Å². The van der Waals surface area contributed by atoms with Crippen LogP contribution in [-0.2, 0) is 29.2 Å². The van der Waals surface area contributed by atoms with Crippen LogP contribution < -0.4 is 10.6 Å². The maximum atomic E-state index is 12.0. The van der Waals surface area contributed by atoms with Crippen molar-refractivity contribution in [2.75, 3.05) is 6.26 Å². The van der Waals surface area contributed by atoms with Gasteiger partial charge in [-0.15, -0.1) is 0 Å². The predicted octanol–water partition coefficient (Wildman–Crippen LogP) is 3.92. The number of benzene rings is 1. The molecular weight excluding hydrogens is 404 g/mol. The monoisotopic (exact) mass is 434 g/mol. The molecule has 8 nitrogen and oxygen atoms in total. The largest absolute Gasteiger partial charge is 0.443 e. The molecule has 2 N–H and O–H groups in total. The van der Waals surface area contributed by atoms with Crippen molar-refractivity contribution in [2.45, 2.75) is 64.7 Å². The number of hydrogen-bond acceptors (Lipinski definition) is 6. The number of nitrogens with zero attached hydrogens (tertiary/aromatic N) is 2. The summed E-state index contributed by atoms with van der Waals surface area (Å²) in [5.74, 6) is 0. The summed E-state index contributed by atoms with van der Waals surface area (Å²) in [6, 6.07) is 9.88. The van der Waals surface area contributed by atoms with Crippen LogP contribution in [0.5, 0.6) is 0 Å². The van der Waals surface area contributed by atoms with E-state index in [2.05, 4.69) is 15.6 Å². The smallest absolute Gasteiger partial charge is 0.407 e. The number of amides is 2. The summed E-state index contributed by atoms with van der Waals surface area (Å²) in [4.78, 5) is 28.5. The fourth-order valence-electron chi connectivity index (χ4n) is 2.70. The van der Waals surface area contributed by atoms with Crippen molar-refractivity contribution in [2.24, 2.45) is 0 Å². The Morgan fingerprint density at radius 2 is 1.57 bits per heavy atom. The van der Waals surface area contributed by atoms with Gasteiger partial charge in [0.25, 0.3) is 0 Å². The summed E-state index contributed by atoms with van der Waals surface area (Å²) >= 11 is 1.48. The zero-order valence-corrected chi connectivity index (χ0v) is 18.9. The highest BCUT2D eigenvalue weighted by Gasteiger charge is 2.20. The molecular formula is C21H30N4O4S. The minimum absolute atomic E-state index is 0.0155. The SMILES string of the molecule is CSc1nc(COC(=O)NC(C)C)c(COC(=O)NC(C)C)n1Cc1ccccc1. The first-order valence-electron chi connectivity index (χ1n) is 9.82. The number of carbonyl (C=O) groups is 2. The third kappa shape index (κ3) is 7.29. The lowest BCUT2D eigenvalue weighted by Crippen LogP contribution is -2.31. The molecule has 9 heteroatoms. The molecule has 0 saturated heterocycles. The lowest BCUT2D eigenvalue weighted by molar-refractivity contribution is 0.126. The first kappa shape index (κ1) is 23.6. The van der Waals surface area contributed by atoms with E-state index in [9.17, 15) is 9.59 Å². The minimum Gasteiger partial charge on any atom is -0.443 e. The molecule has 0 radical (unpaired) electrons. The molecule has 0 aliphatic heterocycles. The first-order valence-corrected chi connectivity index (χ1v) is 11.0. The van der Waals surface area contributed by atoms with Crippen molar-refractivity contribution in [1.29, 1.82) is 0 Å². The highest BCUT2D eigenvalue weighted by atomic mass is 32.2. The number of ether oxygens (including phenoxy) is 2. The Labute approximate surface area is 181 Å². The fourth-order valence-corrected chi connectivity index (χ4v) is 3.29. The lowest BCUT2D eigenvalue weighted by atomic mass is 10.2. The second-order valence-corrected chi connectivity index (χ2v) is 8.09. The summed E-state index contributed by atoms with van der Waals surface area (Å²) < 4.78 is 12.7. The van der Waals surface area contributed by atoms with Gasteiger partial charge < -0.3 is 24.7 Å². The number of nitrogens with one attached hydrogen (secondary N) is 2. The Bertz CT molecular complexity index is 837. The zero-order valence-electron chi connectivity index (χ0n) is 18.1. The number of hydrogen-bond donors (Lipinski definition) is 2. The van der Waals surface area contributed by atoms with E-state index in [-0.39, 0.29) is 25.3 Å². The van der Waals surface area contributed by atoms with E-state index in [0.717, 1.165) is 10.7 Å². The van der Waals surface area contributed by atoms with Crippen molar-refractivity contribution in [3.05, 3.63) is 47.3 Å². The third-order valence-corrected chi connectivity index (χ3v) is 4.66. The average molecular weight is 435 g/mol. The summed E-state index contributed by atoms with van der Waals surface area (Å²) in [6.45, 7) is 8.00. The molecule has 1 aromatic heterocycles. The number of aromatic nitrogens is 2. The van der Waals surface area contributed by atoms with Gasteiger partial charge in [0.1, 0.15) is 18.9 Å². The minimum atomic E-state index is -0.516. The van der Waals surface area contributed by atoms with E-state index in [1.54, 1.807) is 0 Å². The molecule has 1 heterocycles. The molecule has 0 saturated carbocycles. The maximum absolute atomic E-state index is 12.0. The Morgan fingerprint density at radius 1 is 1.00 bits per heavy atom. The van der Waals surface area contributed by atoms with E-state index in [1.807, 2.05) is 68.8 Å². The summed E-state index contributed by atoms with van der Waals surface area (Å²) in [5.41, 5.74) is 2.34. The van der Waals surface area contributed by atoms with Crippen LogP contribution in [0, 0.1) is 0 Å². The highest BCUT2D eigenvalue weighted by molar-refractivity contribution is 7.98. The van der Waals surface area contributed by atoms with E-state index >= 15 is 0 Å². The first-order chi connectivity index (χ1) is 14.3. The normalized spacial score (nSPS) is 10.9. The summed E-state index contributed by atoms with van der Waals surface area (Å²) in [7, 11) is 0. The van der Waals surface area contributed by atoms with Crippen LogP contribution in [0.15, 0.2) is 35.5 Å².